The molecule has 0 fully saturated rings. The van der Waals surface area contributed by atoms with Crippen molar-refractivity contribution >= 4 is 23.2 Å². The standard InChI is InChI=1S/C22H20ClN3O5/c1-22(2,21(28)24-16-11-14(23)5-8-17(16)29-3)26-20(27)9-6-15(25-26)13-4-7-18-19(10-13)31-12-30-18/h4-11H,12H2,1-3H3,(H,24,28). The van der Waals surface area contributed by atoms with Gasteiger partial charge in [0.1, 0.15) is 11.3 Å². The summed E-state index contributed by atoms with van der Waals surface area (Å²) in [4.78, 5) is 25.7. The number of benzene rings is 2. The summed E-state index contributed by atoms with van der Waals surface area (Å²) in [6, 6.07) is 13.2. The van der Waals surface area contributed by atoms with Crippen molar-refractivity contribution in [2.45, 2.75) is 19.4 Å². The molecule has 1 aliphatic rings. The van der Waals surface area contributed by atoms with Gasteiger partial charge in [-0.25, -0.2) is 4.68 Å². The molecule has 0 aliphatic carbocycles. The van der Waals surface area contributed by atoms with Crippen LogP contribution in [0.5, 0.6) is 17.2 Å². The number of fused-ring (bicyclic) bond motifs is 1. The predicted molar refractivity (Wildman–Crippen MR) is 116 cm³/mol. The fraction of sp³-hybridized carbons (Fsp3) is 0.227. The second kappa shape index (κ2) is 7.96. The zero-order valence-corrected chi connectivity index (χ0v) is 17.9. The third kappa shape index (κ3) is 3.94. The van der Waals surface area contributed by atoms with Crippen LogP contribution in [-0.2, 0) is 10.3 Å². The van der Waals surface area contributed by atoms with E-state index in [1.54, 1.807) is 50.2 Å². The third-order valence-corrected chi connectivity index (χ3v) is 5.20. The second-order valence-corrected chi connectivity index (χ2v) is 7.83. The summed E-state index contributed by atoms with van der Waals surface area (Å²) in [7, 11) is 1.49. The Hall–Kier alpha value is -3.52. The average molecular weight is 442 g/mol. The molecular formula is C22H20ClN3O5. The highest BCUT2D eigenvalue weighted by Gasteiger charge is 2.33. The maximum absolute atomic E-state index is 13.1. The zero-order valence-electron chi connectivity index (χ0n) is 17.1. The zero-order chi connectivity index (χ0) is 22.2. The van der Waals surface area contributed by atoms with Crippen molar-refractivity contribution < 1.29 is 19.0 Å². The van der Waals surface area contributed by atoms with Crippen LogP contribution < -0.4 is 25.1 Å². The molecule has 1 aromatic heterocycles. The Morgan fingerprint density at radius 2 is 1.90 bits per heavy atom. The van der Waals surface area contributed by atoms with Gasteiger partial charge in [0, 0.05) is 16.7 Å². The van der Waals surface area contributed by atoms with Crippen LogP contribution in [-0.4, -0.2) is 29.6 Å². The predicted octanol–water partition coefficient (Wildman–Crippen LogP) is 3.67. The highest BCUT2D eigenvalue weighted by Crippen LogP contribution is 2.35. The number of methoxy groups -OCH3 is 1. The van der Waals surface area contributed by atoms with Crippen LogP contribution in [0.2, 0.25) is 5.02 Å². The van der Waals surface area contributed by atoms with Crippen LogP contribution >= 0.6 is 11.6 Å². The number of amides is 1. The number of ether oxygens (including phenoxy) is 3. The Bertz CT molecular complexity index is 1220. The summed E-state index contributed by atoms with van der Waals surface area (Å²) in [5.41, 5.74) is -0.0860. The van der Waals surface area contributed by atoms with Gasteiger partial charge >= 0.3 is 0 Å². The van der Waals surface area contributed by atoms with Gasteiger partial charge in [0.25, 0.3) is 11.5 Å². The van der Waals surface area contributed by atoms with Gasteiger partial charge in [0.2, 0.25) is 6.79 Å². The molecule has 0 atom stereocenters. The van der Waals surface area contributed by atoms with Crippen LogP contribution in [0.3, 0.4) is 0 Å². The molecule has 9 heteroatoms. The van der Waals surface area contributed by atoms with Crippen molar-refractivity contribution in [3.63, 3.8) is 0 Å². The maximum atomic E-state index is 13.1. The SMILES string of the molecule is COc1ccc(Cl)cc1NC(=O)C(C)(C)n1nc(-c2ccc3c(c2)OCO3)ccc1=O. The second-order valence-electron chi connectivity index (χ2n) is 7.39. The molecule has 3 aromatic rings. The monoisotopic (exact) mass is 441 g/mol. The lowest BCUT2D eigenvalue weighted by Gasteiger charge is -2.26. The number of hydrogen-bond donors (Lipinski definition) is 1. The fourth-order valence-corrected chi connectivity index (χ4v) is 3.34. The number of aromatic nitrogens is 2. The van der Waals surface area contributed by atoms with Gasteiger partial charge in [-0.05, 0) is 56.3 Å². The lowest BCUT2D eigenvalue weighted by atomic mass is 10.0. The molecule has 2 heterocycles. The van der Waals surface area contributed by atoms with Gasteiger partial charge < -0.3 is 19.5 Å². The molecule has 0 radical (unpaired) electrons. The van der Waals surface area contributed by atoms with E-state index in [-0.39, 0.29) is 6.79 Å². The largest absolute Gasteiger partial charge is 0.495 e. The lowest BCUT2D eigenvalue weighted by molar-refractivity contribution is -0.123. The van der Waals surface area contributed by atoms with E-state index in [9.17, 15) is 9.59 Å². The first-order valence-electron chi connectivity index (χ1n) is 9.45. The Kier molecular flexibility index (Phi) is 5.32. The van der Waals surface area contributed by atoms with Gasteiger partial charge in [0.05, 0.1) is 18.5 Å². The number of nitrogens with zero attached hydrogens (tertiary/aromatic N) is 2. The van der Waals surface area contributed by atoms with Crippen molar-refractivity contribution in [2.24, 2.45) is 0 Å². The van der Waals surface area contributed by atoms with Crippen LogP contribution in [0.25, 0.3) is 11.3 Å². The summed E-state index contributed by atoms with van der Waals surface area (Å²) >= 11 is 6.05. The van der Waals surface area contributed by atoms with Crippen LogP contribution in [0, 0.1) is 0 Å². The Labute approximate surface area is 183 Å². The normalized spacial score (nSPS) is 12.5. The van der Waals surface area contributed by atoms with Crippen molar-refractivity contribution in [2.75, 3.05) is 19.2 Å². The van der Waals surface area contributed by atoms with Crippen LogP contribution in [0.1, 0.15) is 13.8 Å². The average Bonchev–Trinajstić information content (AvgIpc) is 3.22. The Balaban J connectivity index is 1.68. The van der Waals surface area contributed by atoms with E-state index < -0.39 is 17.0 Å². The Morgan fingerprint density at radius 1 is 1.13 bits per heavy atom. The molecule has 2 aromatic carbocycles. The highest BCUT2D eigenvalue weighted by molar-refractivity contribution is 6.31. The topological polar surface area (TPSA) is 91.7 Å². The summed E-state index contributed by atoms with van der Waals surface area (Å²) in [5.74, 6) is 1.24. The summed E-state index contributed by atoms with van der Waals surface area (Å²) in [5, 5.41) is 7.67. The van der Waals surface area contributed by atoms with Gasteiger partial charge in [-0.2, -0.15) is 5.10 Å². The molecule has 8 nitrogen and oxygen atoms in total. The molecule has 0 saturated carbocycles. The van der Waals surface area contributed by atoms with E-state index in [2.05, 4.69) is 10.4 Å². The quantitative estimate of drug-likeness (QED) is 0.649. The van der Waals surface area contributed by atoms with Crippen molar-refractivity contribution in [3.8, 4) is 28.5 Å². The number of anilines is 1. The van der Waals surface area contributed by atoms with E-state index in [1.807, 2.05) is 6.07 Å². The van der Waals surface area contributed by atoms with Gasteiger partial charge in [-0.1, -0.05) is 11.6 Å². The van der Waals surface area contributed by atoms with Crippen molar-refractivity contribution in [1.29, 1.82) is 0 Å². The molecular weight excluding hydrogens is 422 g/mol. The van der Waals surface area contributed by atoms with Gasteiger partial charge in [-0.15, -0.1) is 0 Å². The lowest BCUT2D eigenvalue weighted by Crippen LogP contribution is -2.47. The number of rotatable bonds is 5. The van der Waals surface area contributed by atoms with Gasteiger partial charge in [0.15, 0.2) is 11.5 Å². The molecule has 0 bridgehead atoms. The molecule has 4 rings (SSSR count). The molecule has 1 amide bonds. The minimum atomic E-state index is -1.31. The number of nitrogens with one attached hydrogen (secondary N) is 1. The third-order valence-electron chi connectivity index (χ3n) is 4.96. The van der Waals surface area contributed by atoms with Crippen molar-refractivity contribution in [1.82, 2.24) is 9.78 Å². The van der Waals surface area contributed by atoms with E-state index in [0.29, 0.717) is 33.7 Å². The first-order chi connectivity index (χ1) is 14.8. The van der Waals surface area contributed by atoms with E-state index >= 15 is 0 Å². The minimum Gasteiger partial charge on any atom is -0.495 e. The number of halogens is 1. The van der Waals surface area contributed by atoms with E-state index in [0.717, 1.165) is 10.2 Å². The van der Waals surface area contributed by atoms with Crippen molar-refractivity contribution in [3.05, 3.63) is 63.9 Å². The number of carbonyl (C=O) groups excluding carboxylic acids is 1. The molecule has 1 N–H and O–H groups in total. The first kappa shape index (κ1) is 20.7. The highest BCUT2D eigenvalue weighted by atomic mass is 35.5. The molecule has 160 valence electrons. The maximum Gasteiger partial charge on any atom is 0.267 e. The fourth-order valence-electron chi connectivity index (χ4n) is 3.17. The molecule has 0 saturated heterocycles. The number of carbonyl (C=O) groups is 1. The molecule has 0 spiro atoms. The van der Waals surface area contributed by atoms with E-state index in [1.165, 1.54) is 13.2 Å². The summed E-state index contributed by atoms with van der Waals surface area (Å²) in [6.45, 7) is 3.38. The molecule has 1 aliphatic heterocycles. The van der Waals surface area contributed by atoms with Crippen LogP contribution in [0.15, 0.2) is 53.3 Å². The summed E-state index contributed by atoms with van der Waals surface area (Å²) < 4.78 is 17.2. The smallest absolute Gasteiger partial charge is 0.267 e. The molecule has 0 unspecified atom stereocenters. The van der Waals surface area contributed by atoms with Crippen LogP contribution in [0.4, 0.5) is 5.69 Å². The first-order valence-corrected chi connectivity index (χ1v) is 9.83. The Morgan fingerprint density at radius 3 is 2.68 bits per heavy atom. The minimum absolute atomic E-state index is 0.159. The summed E-state index contributed by atoms with van der Waals surface area (Å²) in [6.07, 6.45) is 0. The molecule has 31 heavy (non-hydrogen) atoms. The van der Waals surface area contributed by atoms with Gasteiger partial charge in [-0.3, -0.25) is 9.59 Å². The van der Waals surface area contributed by atoms with E-state index in [4.69, 9.17) is 25.8 Å². The number of hydrogen-bond acceptors (Lipinski definition) is 6.